The van der Waals surface area contributed by atoms with Crippen LogP contribution in [0.15, 0.2) is 60.8 Å². The zero-order valence-electron chi connectivity index (χ0n) is 41.7. The average Bonchev–Trinajstić information content (AvgIpc) is 3.28. The Morgan fingerprint density at radius 2 is 0.905 bits per heavy atom. The number of aliphatic hydroxyl groups is 2. The van der Waals surface area contributed by atoms with Crippen LogP contribution in [0.25, 0.3) is 0 Å². The molecule has 0 aromatic carbocycles. The van der Waals surface area contributed by atoms with Gasteiger partial charge in [-0.15, -0.1) is 0 Å². The van der Waals surface area contributed by atoms with Gasteiger partial charge in [0.05, 0.1) is 25.2 Å². The number of aliphatic hydroxyl groups excluding tert-OH is 2. The summed E-state index contributed by atoms with van der Waals surface area (Å²) in [7, 11) is 0. The number of hydrogen-bond acceptors (Lipinski definition) is 5. The van der Waals surface area contributed by atoms with Gasteiger partial charge in [0, 0.05) is 6.42 Å². The summed E-state index contributed by atoms with van der Waals surface area (Å²) in [5, 5.41) is 23.8. The van der Waals surface area contributed by atoms with Gasteiger partial charge in [0.25, 0.3) is 0 Å². The number of carbonyl (C=O) groups excluding carboxylic acids is 2. The van der Waals surface area contributed by atoms with E-state index in [1.54, 1.807) is 0 Å². The van der Waals surface area contributed by atoms with Gasteiger partial charge in [0.1, 0.15) is 6.10 Å². The Kier molecular flexibility index (Phi) is 48.6. The van der Waals surface area contributed by atoms with Gasteiger partial charge in [-0.25, -0.2) is 0 Å². The summed E-state index contributed by atoms with van der Waals surface area (Å²) in [6.07, 6.45) is 62.8. The van der Waals surface area contributed by atoms with Crippen LogP contribution < -0.4 is 5.32 Å². The standard InChI is InChI=1S/C57H103NO5/c1-4-7-10-13-16-19-22-25-28-29-30-33-36-39-42-45-48-53(63-57(62)50-47-44-41-38-35-32-27-24-21-18-15-12-9-6-3)51-56(61)58-54(52-59)55(60)49-46-43-40-37-34-31-26-23-20-17-14-11-8-5-2/h9,12,18,21,27-30,32-33,53-55,59-60H,4-8,10-11,13-17,19-20,22-26,31,34-52H2,1-3H3,(H,58,61)/b12-9+,21-18+,29-28+,32-27+,33-30+. The van der Waals surface area contributed by atoms with Crippen molar-refractivity contribution in [3.05, 3.63) is 60.8 Å². The highest BCUT2D eigenvalue weighted by molar-refractivity contribution is 5.77. The van der Waals surface area contributed by atoms with Crippen molar-refractivity contribution in [1.29, 1.82) is 0 Å². The Hall–Kier alpha value is -2.44. The summed E-state index contributed by atoms with van der Waals surface area (Å²) in [5.74, 6) is -0.522. The smallest absolute Gasteiger partial charge is 0.306 e. The molecule has 0 radical (unpaired) electrons. The van der Waals surface area contributed by atoms with Crippen molar-refractivity contribution in [2.24, 2.45) is 0 Å². The number of hydrogen-bond donors (Lipinski definition) is 3. The molecule has 0 aromatic heterocycles. The summed E-state index contributed by atoms with van der Waals surface area (Å²) < 4.78 is 5.92. The second-order valence-electron chi connectivity index (χ2n) is 18.3. The van der Waals surface area contributed by atoms with Gasteiger partial charge in [0.15, 0.2) is 0 Å². The highest BCUT2D eigenvalue weighted by Crippen LogP contribution is 2.17. The number of nitrogens with one attached hydrogen (secondary N) is 1. The van der Waals surface area contributed by atoms with Crippen LogP contribution in [0.4, 0.5) is 0 Å². The van der Waals surface area contributed by atoms with Gasteiger partial charge in [-0.1, -0.05) is 229 Å². The van der Waals surface area contributed by atoms with Gasteiger partial charge < -0.3 is 20.3 Å². The maximum Gasteiger partial charge on any atom is 0.306 e. The van der Waals surface area contributed by atoms with Gasteiger partial charge in [-0.2, -0.15) is 0 Å². The van der Waals surface area contributed by atoms with E-state index in [2.05, 4.69) is 86.8 Å². The number of esters is 1. The normalized spacial score (nSPS) is 13.7. The largest absolute Gasteiger partial charge is 0.462 e. The van der Waals surface area contributed by atoms with Crippen LogP contribution in [0.2, 0.25) is 0 Å². The lowest BCUT2D eigenvalue weighted by Gasteiger charge is -2.24. The van der Waals surface area contributed by atoms with E-state index in [9.17, 15) is 19.8 Å². The number of rotatable bonds is 48. The van der Waals surface area contributed by atoms with Crippen molar-refractivity contribution in [2.75, 3.05) is 6.61 Å². The fourth-order valence-electron chi connectivity index (χ4n) is 8.02. The van der Waals surface area contributed by atoms with E-state index in [1.165, 1.54) is 116 Å². The molecule has 3 N–H and O–H groups in total. The summed E-state index contributed by atoms with van der Waals surface area (Å²) >= 11 is 0. The third kappa shape index (κ3) is 45.9. The van der Waals surface area contributed by atoms with E-state index in [0.29, 0.717) is 19.3 Å². The van der Waals surface area contributed by atoms with E-state index in [1.807, 2.05) is 0 Å². The molecule has 1 amide bonds. The van der Waals surface area contributed by atoms with Crippen LogP contribution in [0.5, 0.6) is 0 Å². The molecule has 0 heterocycles. The van der Waals surface area contributed by atoms with Crippen molar-refractivity contribution in [2.45, 2.75) is 283 Å². The molecule has 6 heteroatoms. The minimum Gasteiger partial charge on any atom is -0.462 e. The summed E-state index contributed by atoms with van der Waals surface area (Å²) in [6, 6.07) is -0.716. The number of ether oxygens (including phenoxy) is 1. The molecule has 0 spiro atoms. The van der Waals surface area contributed by atoms with Crippen LogP contribution in [0.3, 0.4) is 0 Å². The Morgan fingerprint density at radius 1 is 0.492 bits per heavy atom. The fourth-order valence-corrected chi connectivity index (χ4v) is 8.02. The predicted octanol–water partition coefficient (Wildman–Crippen LogP) is 16.4. The summed E-state index contributed by atoms with van der Waals surface area (Å²) in [4.78, 5) is 26.2. The molecule has 366 valence electrons. The molecule has 3 unspecified atom stereocenters. The number of allylic oxidation sites excluding steroid dienone is 10. The Balaban J connectivity index is 4.65. The molecule has 0 saturated heterocycles. The second-order valence-corrected chi connectivity index (χ2v) is 18.3. The van der Waals surface area contributed by atoms with Crippen LogP contribution in [0.1, 0.15) is 265 Å². The van der Waals surface area contributed by atoms with Gasteiger partial charge in [-0.3, -0.25) is 9.59 Å². The molecule has 0 saturated carbocycles. The topological polar surface area (TPSA) is 95.9 Å². The Bertz CT molecular complexity index is 1130. The lowest BCUT2D eigenvalue weighted by atomic mass is 10.0. The number of carbonyl (C=O) groups is 2. The molecule has 0 aliphatic carbocycles. The predicted molar refractivity (Wildman–Crippen MR) is 273 cm³/mol. The zero-order chi connectivity index (χ0) is 45.9. The maximum atomic E-state index is 13.2. The molecule has 3 atom stereocenters. The van der Waals surface area contributed by atoms with Crippen LogP contribution in [-0.4, -0.2) is 46.9 Å². The third-order valence-electron chi connectivity index (χ3n) is 12.1. The molecule has 0 aliphatic heterocycles. The van der Waals surface area contributed by atoms with E-state index in [-0.39, 0.29) is 24.9 Å². The molecule has 0 bridgehead atoms. The van der Waals surface area contributed by atoms with E-state index in [4.69, 9.17) is 4.74 Å². The minimum atomic E-state index is -0.800. The van der Waals surface area contributed by atoms with Crippen molar-refractivity contribution in [3.8, 4) is 0 Å². The second kappa shape index (κ2) is 50.6. The molecular formula is C57H103NO5. The van der Waals surface area contributed by atoms with E-state index < -0.39 is 18.2 Å². The first-order chi connectivity index (χ1) is 31.0. The fraction of sp³-hybridized carbons (Fsp3) is 0.789. The molecule has 6 nitrogen and oxygen atoms in total. The highest BCUT2D eigenvalue weighted by atomic mass is 16.5. The number of unbranched alkanes of at least 4 members (excludes halogenated alkanes) is 27. The van der Waals surface area contributed by atoms with Crippen LogP contribution >= 0.6 is 0 Å². The van der Waals surface area contributed by atoms with Crippen molar-refractivity contribution in [1.82, 2.24) is 5.32 Å². The van der Waals surface area contributed by atoms with E-state index >= 15 is 0 Å². The summed E-state index contributed by atoms with van der Waals surface area (Å²) in [6.45, 7) is 6.37. The zero-order valence-corrected chi connectivity index (χ0v) is 41.7. The molecule has 63 heavy (non-hydrogen) atoms. The molecule has 0 aromatic rings. The van der Waals surface area contributed by atoms with Crippen molar-refractivity contribution < 1.29 is 24.5 Å². The average molecular weight is 882 g/mol. The quantitative estimate of drug-likeness (QED) is 0.0245. The lowest BCUT2D eigenvalue weighted by Crippen LogP contribution is -2.46. The third-order valence-corrected chi connectivity index (χ3v) is 12.1. The van der Waals surface area contributed by atoms with Gasteiger partial charge >= 0.3 is 5.97 Å². The molecule has 0 rings (SSSR count). The van der Waals surface area contributed by atoms with Crippen LogP contribution in [-0.2, 0) is 14.3 Å². The number of amides is 1. The van der Waals surface area contributed by atoms with Gasteiger partial charge in [-0.05, 0) is 83.5 Å². The van der Waals surface area contributed by atoms with Crippen LogP contribution in [0, 0.1) is 0 Å². The molecule has 0 aliphatic rings. The highest BCUT2D eigenvalue weighted by Gasteiger charge is 2.24. The summed E-state index contributed by atoms with van der Waals surface area (Å²) in [5.41, 5.74) is 0. The van der Waals surface area contributed by atoms with Crippen molar-refractivity contribution in [3.63, 3.8) is 0 Å². The Morgan fingerprint density at radius 3 is 1.41 bits per heavy atom. The maximum absolute atomic E-state index is 13.2. The lowest BCUT2D eigenvalue weighted by molar-refractivity contribution is -0.151. The Labute approximate surface area is 390 Å². The molecular weight excluding hydrogens is 779 g/mol. The first kappa shape index (κ1) is 60.6. The molecule has 0 fully saturated rings. The first-order valence-electron chi connectivity index (χ1n) is 27.0. The SMILES string of the molecule is CC/C=C/C/C=C/C/C=C/CCCCCCC(=O)OC(CCCCC/C=C/C=C/CCCCCCCCC)CC(=O)NC(CO)C(O)CCCCCCCCCCCCCCCC. The van der Waals surface area contributed by atoms with Gasteiger partial charge in [0.2, 0.25) is 5.91 Å². The minimum absolute atomic E-state index is 0.0498. The first-order valence-corrected chi connectivity index (χ1v) is 27.0. The van der Waals surface area contributed by atoms with Crippen molar-refractivity contribution >= 4 is 11.9 Å². The monoisotopic (exact) mass is 882 g/mol. The van der Waals surface area contributed by atoms with E-state index in [0.717, 1.165) is 103 Å².